The maximum Gasteiger partial charge on any atom is 0.307 e. The minimum Gasteiger partial charge on any atom is -0.469 e. The Balaban J connectivity index is 3.66. The largest absolute Gasteiger partial charge is 0.469 e. The second kappa shape index (κ2) is 7.35. The molecule has 0 aliphatic heterocycles. The molecule has 0 aromatic carbocycles. The van der Waals surface area contributed by atoms with Crippen LogP contribution in [0.2, 0.25) is 0 Å². The van der Waals surface area contributed by atoms with Crippen molar-refractivity contribution in [2.24, 2.45) is 0 Å². The molecule has 0 rings (SSSR count). The van der Waals surface area contributed by atoms with Crippen molar-refractivity contribution in [3.63, 3.8) is 0 Å². The van der Waals surface area contributed by atoms with Crippen molar-refractivity contribution < 1.29 is 14.3 Å². The predicted molar refractivity (Wildman–Crippen MR) is 53.8 cm³/mol. The minimum absolute atomic E-state index is 0.0933. The van der Waals surface area contributed by atoms with Gasteiger partial charge in [0, 0.05) is 20.0 Å². The van der Waals surface area contributed by atoms with E-state index in [0.717, 1.165) is 12.8 Å². The summed E-state index contributed by atoms with van der Waals surface area (Å²) in [6.07, 6.45) is 2.75. The van der Waals surface area contributed by atoms with E-state index >= 15 is 0 Å². The molecule has 14 heavy (non-hydrogen) atoms. The van der Waals surface area contributed by atoms with Crippen LogP contribution in [-0.2, 0) is 14.3 Å². The summed E-state index contributed by atoms with van der Waals surface area (Å²) in [5.41, 5.74) is 0. The first kappa shape index (κ1) is 12.9. The number of nitrogens with zero attached hydrogens (tertiary/aromatic N) is 1. The van der Waals surface area contributed by atoms with Gasteiger partial charge in [0.15, 0.2) is 0 Å². The van der Waals surface area contributed by atoms with Crippen LogP contribution in [0.3, 0.4) is 0 Å². The Morgan fingerprint density at radius 1 is 1.29 bits per heavy atom. The van der Waals surface area contributed by atoms with Gasteiger partial charge in [0.05, 0.1) is 13.5 Å². The fraction of sp³-hybridized carbons (Fsp3) is 0.800. The number of carbonyl (C=O) groups excluding carboxylic acids is 2. The highest BCUT2D eigenvalue weighted by molar-refractivity contribution is 5.76. The van der Waals surface area contributed by atoms with Crippen molar-refractivity contribution in [1.82, 2.24) is 4.90 Å². The highest BCUT2D eigenvalue weighted by Crippen LogP contribution is 1.99. The van der Waals surface area contributed by atoms with E-state index in [2.05, 4.69) is 4.74 Å². The summed E-state index contributed by atoms with van der Waals surface area (Å²) in [4.78, 5) is 23.7. The third-order valence-corrected chi connectivity index (χ3v) is 2.05. The number of esters is 1. The van der Waals surface area contributed by atoms with E-state index in [1.807, 2.05) is 6.92 Å². The van der Waals surface area contributed by atoms with Gasteiger partial charge in [0.1, 0.15) is 0 Å². The Morgan fingerprint density at radius 3 is 2.43 bits per heavy atom. The van der Waals surface area contributed by atoms with E-state index in [0.29, 0.717) is 13.0 Å². The molecule has 0 aliphatic rings. The smallest absolute Gasteiger partial charge is 0.307 e. The van der Waals surface area contributed by atoms with Crippen LogP contribution in [0.5, 0.6) is 0 Å². The van der Waals surface area contributed by atoms with Gasteiger partial charge < -0.3 is 9.64 Å². The average Bonchev–Trinajstić information content (AvgIpc) is 2.21. The molecule has 0 N–H and O–H groups in total. The molecule has 0 aromatic rings. The van der Waals surface area contributed by atoms with Gasteiger partial charge >= 0.3 is 5.97 Å². The first-order valence-electron chi connectivity index (χ1n) is 4.92. The monoisotopic (exact) mass is 201 g/mol. The maximum atomic E-state index is 11.4. The molecule has 1 amide bonds. The molecule has 0 spiro atoms. The lowest BCUT2D eigenvalue weighted by Crippen LogP contribution is -2.28. The summed E-state index contributed by atoms with van der Waals surface area (Å²) in [7, 11) is 3.06. The molecule has 0 aliphatic carbocycles. The van der Waals surface area contributed by atoms with Gasteiger partial charge in [-0.2, -0.15) is 0 Å². The van der Waals surface area contributed by atoms with E-state index in [-0.39, 0.29) is 18.3 Å². The highest BCUT2D eigenvalue weighted by atomic mass is 16.5. The average molecular weight is 201 g/mol. The van der Waals surface area contributed by atoms with Crippen LogP contribution >= 0.6 is 0 Å². The molecule has 0 unspecified atom stereocenters. The second-order valence-corrected chi connectivity index (χ2v) is 3.24. The number of ether oxygens (including phenoxy) is 1. The van der Waals surface area contributed by atoms with Crippen LogP contribution in [0.4, 0.5) is 0 Å². The lowest BCUT2D eigenvalue weighted by molar-refractivity contribution is -0.141. The molecular formula is C10H19NO3. The Morgan fingerprint density at radius 2 is 1.93 bits per heavy atom. The SMILES string of the molecule is CCCCC(=O)N(C)CCC(=O)OC. The molecular weight excluding hydrogens is 182 g/mol. The zero-order valence-corrected chi connectivity index (χ0v) is 9.21. The third kappa shape index (κ3) is 5.56. The van der Waals surface area contributed by atoms with Gasteiger partial charge in [0.2, 0.25) is 5.91 Å². The molecule has 0 aromatic heterocycles. The quantitative estimate of drug-likeness (QED) is 0.607. The molecule has 4 heteroatoms. The Bertz CT molecular complexity index is 192. The van der Waals surface area contributed by atoms with Crippen LogP contribution in [0.25, 0.3) is 0 Å². The zero-order valence-electron chi connectivity index (χ0n) is 9.21. The third-order valence-electron chi connectivity index (χ3n) is 2.05. The summed E-state index contributed by atoms with van der Waals surface area (Å²) >= 11 is 0. The molecule has 0 radical (unpaired) electrons. The van der Waals surface area contributed by atoms with Crippen molar-refractivity contribution in [3.05, 3.63) is 0 Å². The normalized spacial score (nSPS) is 9.64. The van der Waals surface area contributed by atoms with Crippen LogP contribution in [-0.4, -0.2) is 37.5 Å². The van der Waals surface area contributed by atoms with Gasteiger partial charge in [-0.05, 0) is 6.42 Å². The van der Waals surface area contributed by atoms with Crippen LogP contribution in [0, 0.1) is 0 Å². The summed E-state index contributed by atoms with van der Waals surface area (Å²) in [6.45, 7) is 2.48. The van der Waals surface area contributed by atoms with E-state index in [1.165, 1.54) is 7.11 Å². The van der Waals surface area contributed by atoms with Crippen molar-refractivity contribution in [3.8, 4) is 0 Å². The second-order valence-electron chi connectivity index (χ2n) is 3.24. The van der Waals surface area contributed by atoms with Crippen LogP contribution in [0.1, 0.15) is 32.6 Å². The maximum absolute atomic E-state index is 11.4. The van der Waals surface area contributed by atoms with Gasteiger partial charge in [-0.15, -0.1) is 0 Å². The van der Waals surface area contributed by atoms with E-state index in [9.17, 15) is 9.59 Å². The van der Waals surface area contributed by atoms with Crippen molar-refractivity contribution in [1.29, 1.82) is 0 Å². The van der Waals surface area contributed by atoms with E-state index in [1.54, 1.807) is 11.9 Å². The van der Waals surface area contributed by atoms with Gasteiger partial charge in [-0.1, -0.05) is 13.3 Å². The fourth-order valence-electron chi connectivity index (χ4n) is 1.00. The minimum atomic E-state index is -0.278. The summed E-state index contributed by atoms with van der Waals surface area (Å²) in [6, 6.07) is 0. The summed E-state index contributed by atoms with van der Waals surface area (Å²) in [5, 5.41) is 0. The summed E-state index contributed by atoms with van der Waals surface area (Å²) < 4.78 is 4.48. The number of hydrogen-bond acceptors (Lipinski definition) is 3. The fourth-order valence-corrected chi connectivity index (χ4v) is 1.00. The summed E-state index contributed by atoms with van der Waals surface area (Å²) in [5.74, 6) is -0.184. The first-order chi connectivity index (χ1) is 6.61. The lowest BCUT2D eigenvalue weighted by Gasteiger charge is -2.15. The van der Waals surface area contributed by atoms with Crippen molar-refractivity contribution in [2.45, 2.75) is 32.6 Å². The van der Waals surface area contributed by atoms with Crippen molar-refractivity contribution >= 4 is 11.9 Å². The topological polar surface area (TPSA) is 46.6 Å². The molecule has 4 nitrogen and oxygen atoms in total. The van der Waals surface area contributed by atoms with E-state index in [4.69, 9.17) is 0 Å². The molecule has 0 saturated carbocycles. The first-order valence-corrected chi connectivity index (χ1v) is 4.92. The molecule has 82 valence electrons. The Kier molecular flexibility index (Phi) is 6.80. The number of methoxy groups -OCH3 is 1. The molecule has 0 fully saturated rings. The molecule has 0 heterocycles. The molecule has 0 bridgehead atoms. The Hall–Kier alpha value is -1.06. The number of carbonyl (C=O) groups is 2. The van der Waals surface area contributed by atoms with E-state index < -0.39 is 0 Å². The number of unbranched alkanes of at least 4 members (excludes halogenated alkanes) is 1. The van der Waals surface area contributed by atoms with Gasteiger partial charge in [0.25, 0.3) is 0 Å². The standard InChI is InChI=1S/C10H19NO3/c1-4-5-6-9(12)11(2)8-7-10(13)14-3/h4-8H2,1-3H3. The number of amides is 1. The highest BCUT2D eigenvalue weighted by Gasteiger charge is 2.09. The van der Waals surface area contributed by atoms with Crippen molar-refractivity contribution in [2.75, 3.05) is 20.7 Å². The zero-order chi connectivity index (χ0) is 11.0. The van der Waals surface area contributed by atoms with Crippen LogP contribution < -0.4 is 0 Å². The van der Waals surface area contributed by atoms with Gasteiger partial charge in [-0.3, -0.25) is 9.59 Å². The predicted octanol–water partition coefficient (Wildman–Crippen LogP) is 1.20. The van der Waals surface area contributed by atoms with Gasteiger partial charge in [-0.25, -0.2) is 0 Å². The number of hydrogen-bond donors (Lipinski definition) is 0. The van der Waals surface area contributed by atoms with Crippen LogP contribution in [0.15, 0.2) is 0 Å². The lowest BCUT2D eigenvalue weighted by atomic mass is 10.2. The molecule has 0 saturated heterocycles. The molecule has 0 atom stereocenters. The number of rotatable bonds is 6. The Labute approximate surface area is 85.2 Å².